The number of nitrogens with two attached hydrogens (primary N) is 1. The Kier molecular flexibility index (Phi) is 7.14. The number of benzene rings is 1. The Morgan fingerprint density at radius 1 is 1.48 bits per heavy atom. The number of carbonyl (C=O) groups excluding carboxylic acids is 1. The van der Waals surface area contributed by atoms with Gasteiger partial charge in [0.05, 0.1) is 17.2 Å². The maximum atomic E-state index is 10.9. The summed E-state index contributed by atoms with van der Waals surface area (Å²) in [4.78, 5) is 10.9. The number of hydrogen-bond donors (Lipinski definition) is 2. The summed E-state index contributed by atoms with van der Waals surface area (Å²) in [6.45, 7) is 4.62. The fourth-order valence-corrected chi connectivity index (χ4v) is 3.06. The maximum absolute atomic E-state index is 10.9. The van der Waals surface area contributed by atoms with Crippen LogP contribution in [0.5, 0.6) is 11.5 Å². The fourth-order valence-electron chi connectivity index (χ4n) is 2.45. The van der Waals surface area contributed by atoms with Crippen LogP contribution in [-0.2, 0) is 16.1 Å². The standard InChI is InChI=1S/C16H23BrN2O4/c1-2-21-14-7-11(8-19-9-12-4-3-5-22-12)6-13(17)16(14)23-10-15(18)20/h6-7,12,19H,2-5,8-10H2,1H3,(H2,18,20)/t12-/m1/s1. The Labute approximate surface area is 144 Å². The first-order valence-electron chi connectivity index (χ1n) is 7.78. The molecule has 1 atom stereocenters. The molecule has 3 N–H and O–H groups in total. The van der Waals surface area contributed by atoms with Crippen LogP contribution in [0.4, 0.5) is 0 Å². The van der Waals surface area contributed by atoms with Crippen LogP contribution >= 0.6 is 15.9 Å². The maximum Gasteiger partial charge on any atom is 0.255 e. The van der Waals surface area contributed by atoms with Crippen molar-refractivity contribution in [3.63, 3.8) is 0 Å². The van der Waals surface area contributed by atoms with Crippen molar-refractivity contribution in [3.05, 3.63) is 22.2 Å². The number of carbonyl (C=O) groups is 1. The van der Waals surface area contributed by atoms with E-state index in [2.05, 4.69) is 21.2 Å². The molecule has 1 fully saturated rings. The van der Waals surface area contributed by atoms with Gasteiger partial charge in [0, 0.05) is 19.7 Å². The van der Waals surface area contributed by atoms with Gasteiger partial charge in [-0.15, -0.1) is 0 Å². The molecule has 1 aromatic carbocycles. The highest BCUT2D eigenvalue weighted by Crippen LogP contribution is 2.37. The van der Waals surface area contributed by atoms with Crippen molar-refractivity contribution < 1.29 is 19.0 Å². The van der Waals surface area contributed by atoms with Gasteiger partial charge in [0.25, 0.3) is 5.91 Å². The molecule has 6 nitrogen and oxygen atoms in total. The topological polar surface area (TPSA) is 82.8 Å². The summed E-state index contributed by atoms with van der Waals surface area (Å²) in [6.07, 6.45) is 2.56. The summed E-state index contributed by atoms with van der Waals surface area (Å²) in [5.74, 6) is 0.562. The first kappa shape index (κ1) is 18.0. The second-order valence-corrected chi connectivity index (χ2v) is 6.21. The van der Waals surface area contributed by atoms with Crippen molar-refractivity contribution in [1.29, 1.82) is 0 Å². The molecule has 1 aromatic rings. The van der Waals surface area contributed by atoms with Crippen molar-refractivity contribution in [2.75, 3.05) is 26.4 Å². The van der Waals surface area contributed by atoms with Crippen LogP contribution in [0.1, 0.15) is 25.3 Å². The van der Waals surface area contributed by atoms with Crippen LogP contribution in [0.25, 0.3) is 0 Å². The summed E-state index contributed by atoms with van der Waals surface area (Å²) < 4.78 is 17.4. The fraction of sp³-hybridized carbons (Fsp3) is 0.562. The lowest BCUT2D eigenvalue weighted by atomic mass is 10.2. The predicted octanol–water partition coefficient (Wildman–Crippen LogP) is 1.98. The molecule has 7 heteroatoms. The van der Waals surface area contributed by atoms with E-state index in [0.29, 0.717) is 30.8 Å². The molecule has 0 bridgehead atoms. The van der Waals surface area contributed by atoms with Crippen molar-refractivity contribution in [3.8, 4) is 11.5 Å². The van der Waals surface area contributed by atoms with Gasteiger partial charge in [-0.25, -0.2) is 0 Å². The lowest BCUT2D eigenvalue weighted by Crippen LogP contribution is -2.25. The Hall–Kier alpha value is -1.31. The van der Waals surface area contributed by atoms with Gasteiger partial charge in [-0.05, 0) is 53.4 Å². The first-order valence-corrected chi connectivity index (χ1v) is 8.58. The van der Waals surface area contributed by atoms with E-state index < -0.39 is 5.91 Å². The van der Waals surface area contributed by atoms with Crippen molar-refractivity contribution in [1.82, 2.24) is 5.32 Å². The minimum absolute atomic E-state index is 0.185. The number of amides is 1. The van der Waals surface area contributed by atoms with Crippen LogP contribution < -0.4 is 20.5 Å². The highest BCUT2D eigenvalue weighted by atomic mass is 79.9. The average Bonchev–Trinajstić information content (AvgIpc) is 3.00. The van der Waals surface area contributed by atoms with Crippen LogP contribution in [0.3, 0.4) is 0 Å². The van der Waals surface area contributed by atoms with E-state index in [4.69, 9.17) is 19.9 Å². The van der Waals surface area contributed by atoms with Crippen molar-refractivity contribution in [2.45, 2.75) is 32.4 Å². The van der Waals surface area contributed by atoms with Gasteiger partial charge in [0.15, 0.2) is 18.1 Å². The number of nitrogens with one attached hydrogen (secondary N) is 1. The quantitative estimate of drug-likeness (QED) is 0.677. The number of rotatable bonds is 9. The summed E-state index contributed by atoms with van der Waals surface area (Å²) in [5, 5.41) is 3.39. The lowest BCUT2D eigenvalue weighted by molar-refractivity contribution is -0.119. The van der Waals surface area contributed by atoms with Gasteiger partial charge in [0.1, 0.15) is 0 Å². The Balaban J connectivity index is 2.00. The Morgan fingerprint density at radius 2 is 2.30 bits per heavy atom. The molecule has 1 aliphatic rings. The highest BCUT2D eigenvalue weighted by Gasteiger charge is 2.16. The second kappa shape index (κ2) is 9.10. The molecule has 0 saturated carbocycles. The van der Waals surface area contributed by atoms with E-state index in [1.165, 1.54) is 0 Å². The lowest BCUT2D eigenvalue weighted by Gasteiger charge is -2.16. The molecule has 1 aliphatic heterocycles. The summed E-state index contributed by atoms with van der Waals surface area (Å²) in [6, 6.07) is 3.86. The van der Waals surface area contributed by atoms with Gasteiger partial charge in [-0.3, -0.25) is 4.79 Å². The smallest absolute Gasteiger partial charge is 0.255 e. The third-order valence-corrected chi connectivity index (χ3v) is 4.04. The van der Waals surface area contributed by atoms with Crippen molar-refractivity contribution >= 4 is 21.8 Å². The number of primary amides is 1. The van der Waals surface area contributed by atoms with Gasteiger partial charge in [0.2, 0.25) is 0 Å². The van der Waals surface area contributed by atoms with Gasteiger partial charge < -0.3 is 25.3 Å². The molecule has 1 amide bonds. The summed E-state index contributed by atoms with van der Waals surface area (Å²) >= 11 is 3.47. The van der Waals surface area contributed by atoms with Gasteiger partial charge in [-0.1, -0.05) is 0 Å². The largest absolute Gasteiger partial charge is 0.490 e. The zero-order chi connectivity index (χ0) is 16.7. The number of hydrogen-bond acceptors (Lipinski definition) is 5. The molecule has 128 valence electrons. The van der Waals surface area contributed by atoms with E-state index in [1.807, 2.05) is 19.1 Å². The Bertz CT molecular complexity index is 533. The van der Waals surface area contributed by atoms with Crippen LogP contribution in [0, 0.1) is 0 Å². The van der Waals surface area contributed by atoms with E-state index in [1.54, 1.807) is 0 Å². The third-order valence-electron chi connectivity index (χ3n) is 3.45. The average molecular weight is 387 g/mol. The summed E-state index contributed by atoms with van der Waals surface area (Å²) in [5.41, 5.74) is 6.19. The predicted molar refractivity (Wildman–Crippen MR) is 90.7 cm³/mol. The molecule has 1 heterocycles. The monoisotopic (exact) mass is 386 g/mol. The summed E-state index contributed by atoms with van der Waals surface area (Å²) in [7, 11) is 0. The molecule has 1 saturated heterocycles. The van der Waals surface area contributed by atoms with E-state index in [0.717, 1.165) is 36.0 Å². The van der Waals surface area contributed by atoms with Gasteiger partial charge >= 0.3 is 0 Å². The molecule has 0 spiro atoms. The van der Waals surface area contributed by atoms with Crippen LogP contribution in [-0.4, -0.2) is 38.4 Å². The van der Waals surface area contributed by atoms with E-state index in [-0.39, 0.29) is 6.61 Å². The van der Waals surface area contributed by atoms with E-state index >= 15 is 0 Å². The molecule has 0 aliphatic carbocycles. The van der Waals surface area contributed by atoms with Gasteiger partial charge in [-0.2, -0.15) is 0 Å². The molecule has 0 aromatic heterocycles. The molecular formula is C16H23BrN2O4. The molecule has 0 radical (unpaired) electrons. The van der Waals surface area contributed by atoms with Crippen LogP contribution in [0.15, 0.2) is 16.6 Å². The molecule has 23 heavy (non-hydrogen) atoms. The van der Waals surface area contributed by atoms with E-state index in [9.17, 15) is 4.79 Å². The molecular weight excluding hydrogens is 364 g/mol. The number of halogens is 1. The Morgan fingerprint density at radius 3 is 2.96 bits per heavy atom. The normalized spacial score (nSPS) is 17.2. The van der Waals surface area contributed by atoms with Crippen molar-refractivity contribution in [2.24, 2.45) is 5.73 Å². The minimum atomic E-state index is -0.526. The second-order valence-electron chi connectivity index (χ2n) is 5.36. The first-order chi connectivity index (χ1) is 11.1. The minimum Gasteiger partial charge on any atom is -0.490 e. The zero-order valence-electron chi connectivity index (χ0n) is 13.3. The molecule has 0 unspecified atom stereocenters. The SMILES string of the molecule is CCOc1cc(CNC[C@H]2CCCO2)cc(Br)c1OCC(N)=O. The van der Waals surface area contributed by atoms with Crippen LogP contribution in [0.2, 0.25) is 0 Å². The molecule has 2 rings (SSSR count). The zero-order valence-corrected chi connectivity index (χ0v) is 14.9. The highest BCUT2D eigenvalue weighted by molar-refractivity contribution is 9.10. The number of ether oxygens (including phenoxy) is 3. The third kappa shape index (κ3) is 5.67.